The summed E-state index contributed by atoms with van der Waals surface area (Å²) >= 11 is 0. The van der Waals surface area contributed by atoms with E-state index in [2.05, 4.69) is 4.98 Å². The summed E-state index contributed by atoms with van der Waals surface area (Å²) in [6.45, 7) is 2.49. The Morgan fingerprint density at radius 1 is 1.03 bits per heavy atom. The molecule has 0 unspecified atom stereocenters. The van der Waals surface area contributed by atoms with Crippen LogP contribution in [-0.4, -0.2) is 37.5 Å². The minimum atomic E-state index is -3.70. The molecule has 0 aliphatic carbocycles. The molecule has 1 fully saturated rings. The predicted octanol–water partition coefficient (Wildman–Crippen LogP) is 4.50. The standard InChI is InChI=1S/C26H28N2O4S/c29-33(30,16-13-22-7-2-1-3-8-22)28(19-25-10-4-5-14-27-25)18-23-9-6-11-26(17-23)32-21-24-12-15-31-20-24/h1-11,13-14,16-17,24H,12,15,18-21H2/b16-13+/t24-/m0/s1. The van der Waals surface area contributed by atoms with Crippen LogP contribution in [0.5, 0.6) is 5.75 Å². The molecule has 1 aromatic heterocycles. The Hall–Kier alpha value is -3.00. The summed E-state index contributed by atoms with van der Waals surface area (Å²) in [5, 5.41) is 1.26. The number of hydrogen-bond donors (Lipinski definition) is 0. The van der Waals surface area contributed by atoms with Gasteiger partial charge in [0.25, 0.3) is 0 Å². The van der Waals surface area contributed by atoms with Gasteiger partial charge in [-0.3, -0.25) is 4.98 Å². The highest BCUT2D eigenvalue weighted by Crippen LogP contribution is 2.21. The lowest BCUT2D eigenvalue weighted by Crippen LogP contribution is -2.29. The van der Waals surface area contributed by atoms with E-state index in [4.69, 9.17) is 9.47 Å². The number of aromatic nitrogens is 1. The van der Waals surface area contributed by atoms with Gasteiger partial charge < -0.3 is 9.47 Å². The molecule has 33 heavy (non-hydrogen) atoms. The van der Waals surface area contributed by atoms with Crippen molar-refractivity contribution in [2.45, 2.75) is 19.5 Å². The molecule has 6 nitrogen and oxygen atoms in total. The SMILES string of the molecule is O=S(=O)(/C=C/c1ccccc1)N(Cc1cccc(OC[C@H]2CCOC2)c1)Cc1ccccn1. The molecule has 1 atom stereocenters. The van der Waals surface area contributed by atoms with Crippen LogP contribution in [0.2, 0.25) is 0 Å². The first-order chi connectivity index (χ1) is 16.1. The maximum Gasteiger partial charge on any atom is 0.236 e. The lowest BCUT2D eigenvalue weighted by molar-refractivity contribution is 0.167. The van der Waals surface area contributed by atoms with Crippen LogP contribution in [0, 0.1) is 5.92 Å². The van der Waals surface area contributed by atoms with E-state index in [0.717, 1.165) is 36.5 Å². The van der Waals surface area contributed by atoms with E-state index < -0.39 is 10.0 Å². The first-order valence-electron chi connectivity index (χ1n) is 11.0. The van der Waals surface area contributed by atoms with Crippen LogP contribution >= 0.6 is 0 Å². The van der Waals surface area contributed by atoms with Crippen LogP contribution in [0.3, 0.4) is 0 Å². The fourth-order valence-corrected chi connectivity index (χ4v) is 4.73. The van der Waals surface area contributed by atoms with Gasteiger partial charge in [0, 0.05) is 30.7 Å². The fraction of sp³-hybridized carbons (Fsp3) is 0.269. The second-order valence-corrected chi connectivity index (χ2v) is 9.85. The number of pyridine rings is 1. The monoisotopic (exact) mass is 464 g/mol. The van der Waals surface area contributed by atoms with Crippen LogP contribution in [0.25, 0.3) is 6.08 Å². The van der Waals surface area contributed by atoms with Crippen LogP contribution < -0.4 is 4.74 Å². The van der Waals surface area contributed by atoms with Crippen molar-refractivity contribution in [1.29, 1.82) is 0 Å². The van der Waals surface area contributed by atoms with E-state index in [-0.39, 0.29) is 13.1 Å². The first-order valence-corrected chi connectivity index (χ1v) is 12.5. The zero-order valence-electron chi connectivity index (χ0n) is 18.4. The minimum absolute atomic E-state index is 0.173. The summed E-state index contributed by atoms with van der Waals surface area (Å²) in [5.74, 6) is 1.13. The van der Waals surface area contributed by atoms with Gasteiger partial charge in [-0.05, 0) is 47.9 Å². The van der Waals surface area contributed by atoms with Crippen molar-refractivity contribution in [3.8, 4) is 5.75 Å². The molecule has 1 aliphatic heterocycles. The molecule has 1 aliphatic rings. The molecule has 172 valence electrons. The van der Waals surface area contributed by atoms with Crippen molar-refractivity contribution in [2.75, 3.05) is 19.8 Å². The zero-order valence-corrected chi connectivity index (χ0v) is 19.2. The van der Waals surface area contributed by atoms with Gasteiger partial charge in [0.15, 0.2) is 0 Å². The Labute approximate surface area is 195 Å². The summed E-state index contributed by atoms with van der Waals surface area (Å²) in [5.41, 5.74) is 2.36. The van der Waals surface area contributed by atoms with E-state index in [9.17, 15) is 8.42 Å². The molecule has 0 saturated carbocycles. The van der Waals surface area contributed by atoms with Crippen molar-refractivity contribution in [1.82, 2.24) is 9.29 Å². The average Bonchev–Trinajstić information content (AvgIpc) is 3.37. The van der Waals surface area contributed by atoms with Gasteiger partial charge in [0.2, 0.25) is 10.0 Å². The molecule has 3 aromatic rings. The maximum absolute atomic E-state index is 13.3. The van der Waals surface area contributed by atoms with Crippen molar-refractivity contribution in [2.24, 2.45) is 5.92 Å². The molecular formula is C26H28N2O4S. The molecular weight excluding hydrogens is 436 g/mol. The second-order valence-electron chi connectivity index (χ2n) is 8.04. The maximum atomic E-state index is 13.3. The second kappa shape index (κ2) is 11.2. The summed E-state index contributed by atoms with van der Waals surface area (Å²) in [6.07, 6.45) is 4.29. The fourth-order valence-electron chi connectivity index (χ4n) is 3.59. The van der Waals surface area contributed by atoms with Crippen molar-refractivity contribution in [3.63, 3.8) is 0 Å². The number of rotatable bonds is 10. The van der Waals surface area contributed by atoms with E-state index >= 15 is 0 Å². The summed E-state index contributed by atoms with van der Waals surface area (Å²) in [7, 11) is -3.70. The number of hydrogen-bond acceptors (Lipinski definition) is 5. The van der Waals surface area contributed by atoms with Gasteiger partial charge in [-0.15, -0.1) is 0 Å². The number of sulfonamides is 1. The van der Waals surface area contributed by atoms with Gasteiger partial charge >= 0.3 is 0 Å². The van der Waals surface area contributed by atoms with Crippen molar-refractivity contribution >= 4 is 16.1 Å². The van der Waals surface area contributed by atoms with Crippen LogP contribution in [0.15, 0.2) is 84.4 Å². The van der Waals surface area contributed by atoms with Crippen molar-refractivity contribution < 1.29 is 17.9 Å². The predicted molar refractivity (Wildman–Crippen MR) is 129 cm³/mol. The lowest BCUT2D eigenvalue weighted by atomic mass is 10.1. The largest absolute Gasteiger partial charge is 0.493 e. The minimum Gasteiger partial charge on any atom is -0.493 e. The summed E-state index contributed by atoms with van der Waals surface area (Å²) in [6, 6.07) is 22.5. The lowest BCUT2D eigenvalue weighted by Gasteiger charge is -2.21. The number of nitrogens with zero attached hydrogens (tertiary/aromatic N) is 2. The molecule has 0 amide bonds. The summed E-state index contributed by atoms with van der Waals surface area (Å²) < 4.78 is 39.3. The van der Waals surface area contributed by atoms with Gasteiger partial charge in [-0.25, -0.2) is 8.42 Å². The number of benzene rings is 2. The normalized spacial score (nSPS) is 16.5. The van der Waals surface area contributed by atoms with Crippen molar-refractivity contribution in [3.05, 3.63) is 101 Å². The third-order valence-electron chi connectivity index (χ3n) is 5.42. The number of ether oxygens (including phenoxy) is 2. The highest BCUT2D eigenvalue weighted by molar-refractivity contribution is 7.92. The Balaban J connectivity index is 1.52. The molecule has 0 N–H and O–H groups in total. The average molecular weight is 465 g/mol. The molecule has 4 rings (SSSR count). The first kappa shape index (κ1) is 23.2. The van der Waals surface area contributed by atoms with Crippen LogP contribution in [-0.2, 0) is 27.8 Å². The van der Waals surface area contributed by atoms with Gasteiger partial charge in [-0.1, -0.05) is 48.5 Å². The van der Waals surface area contributed by atoms with Gasteiger partial charge in [0.1, 0.15) is 5.75 Å². The van der Waals surface area contributed by atoms with E-state index in [1.807, 2.05) is 72.8 Å². The molecule has 1 saturated heterocycles. The van der Waals surface area contributed by atoms with Crippen LogP contribution in [0.1, 0.15) is 23.2 Å². The third kappa shape index (κ3) is 6.99. The van der Waals surface area contributed by atoms with Crippen LogP contribution in [0.4, 0.5) is 0 Å². The molecule has 7 heteroatoms. The molecule has 0 bridgehead atoms. The van der Waals surface area contributed by atoms with Gasteiger partial charge in [-0.2, -0.15) is 4.31 Å². The van der Waals surface area contributed by atoms with Gasteiger partial charge in [0.05, 0.1) is 25.5 Å². The highest BCUT2D eigenvalue weighted by Gasteiger charge is 2.21. The quantitative estimate of drug-likeness (QED) is 0.442. The Kier molecular flexibility index (Phi) is 7.88. The molecule has 2 aromatic carbocycles. The Bertz CT molecular complexity index is 1150. The smallest absolute Gasteiger partial charge is 0.236 e. The third-order valence-corrected chi connectivity index (χ3v) is 6.88. The Morgan fingerprint density at radius 2 is 1.88 bits per heavy atom. The molecule has 0 radical (unpaired) electrons. The van der Waals surface area contributed by atoms with E-state index in [1.165, 1.54) is 9.71 Å². The molecule has 2 heterocycles. The highest BCUT2D eigenvalue weighted by atomic mass is 32.2. The Morgan fingerprint density at radius 3 is 2.64 bits per heavy atom. The zero-order chi connectivity index (χ0) is 22.9. The van der Waals surface area contributed by atoms with E-state index in [0.29, 0.717) is 18.2 Å². The van der Waals surface area contributed by atoms with E-state index in [1.54, 1.807) is 12.3 Å². The molecule has 0 spiro atoms. The summed E-state index contributed by atoms with van der Waals surface area (Å²) in [4.78, 5) is 4.32. The topological polar surface area (TPSA) is 68.7 Å².